The maximum absolute atomic E-state index is 11.9. The van der Waals surface area contributed by atoms with Gasteiger partial charge in [0.1, 0.15) is 0 Å². The summed E-state index contributed by atoms with van der Waals surface area (Å²) in [5.74, 6) is 0.0826. The van der Waals surface area contributed by atoms with E-state index in [9.17, 15) is 4.79 Å². The van der Waals surface area contributed by atoms with E-state index in [0.29, 0.717) is 6.42 Å². The first-order valence-corrected chi connectivity index (χ1v) is 7.98. The summed E-state index contributed by atoms with van der Waals surface area (Å²) in [4.78, 5) is 13.0. The van der Waals surface area contributed by atoms with E-state index in [1.807, 2.05) is 48.7 Å². The van der Waals surface area contributed by atoms with Crippen molar-refractivity contribution in [2.45, 2.75) is 24.2 Å². The highest BCUT2D eigenvalue weighted by atomic mass is 32.2. The topological polar surface area (TPSA) is 29.1 Å². The monoisotopic (exact) mass is 285 g/mol. The number of benzene rings is 2. The van der Waals surface area contributed by atoms with Gasteiger partial charge in [0.25, 0.3) is 0 Å². The molecular weight excluding hydrogens is 266 g/mol. The van der Waals surface area contributed by atoms with Crippen LogP contribution in [0.1, 0.15) is 18.4 Å². The molecule has 2 rings (SSSR count). The molecule has 0 saturated carbocycles. The number of rotatable bonds is 6. The predicted octanol–water partition coefficient (Wildman–Crippen LogP) is 4.37. The molecule has 0 aliphatic rings. The van der Waals surface area contributed by atoms with Crippen LogP contribution in [0.15, 0.2) is 59.5 Å². The minimum Gasteiger partial charge on any atom is -0.326 e. The zero-order valence-corrected chi connectivity index (χ0v) is 12.5. The second kappa shape index (κ2) is 7.75. The summed E-state index contributed by atoms with van der Waals surface area (Å²) in [5.41, 5.74) is 2.16. The minimum absolute atomic E-state index is 0.0826. The van der Waals surface area contributed by atoms with Crippen LogP contribution in [0.4, 0.5) is 5.69 Å². The fourth-order valence-corrected chi connectivity index (χ4v) is 2.48. The Labute approximate surface area is 124 Å². The quantitative estimate of drug-likeness (QED) is 0.798. The molecule has 3 heteroatoms. The highest BCUT2D eigenvalue weighted by Crippen LogP contribution is 2.19. The molecule has 20 heavy (non-hydrogen) atoms. The van der Waals surface area contributed by atoms with Crippen molar-refractivity contribution in [2.24, 2.45) is 0 Å². The molecule has 0 aromatic heterocycles. The Bertz CT molecular complexity index is 554. The van der Waals surface area contributed by atoms with Crippen LogP contribution in [0.5, 0.6) is 0 Å². The van der Waals surface area contributed by atoms with E-state index in [1.54, 1.807) is 11.8 Å². The number of carbonyl (C=O) groups is 1. The van der Waals surface area contributed by atoms with Crippen LogP contribution in [-0.2, 0) is 11.2 Å². The van der Waals surface area contributed by atoms with E-state index >= 15 is 0 Å². The number of amides is 1. The molecule has 2 aromatic carbocycles. The average Bonchev–Trinajstić information content (AvgIpc) is 2.48. The molecule has 104 valence electrons. The summed E-state index contributed by atoms with van der Waals surface area (Å²) in [5, 5.41) is 2.95. The Kier molecular flexibility index (Phi) is 5.69. The lowest BCUT2D eigenvalue weighted by molar-refractivity contribution is -0.116. The van der Waals surface area contributed by atoms with Crippen molar-refractivity contribution < 1.29 is 4.79 Å². The van der Waals surface area contributed by atoms with Gasteiger partial charge < -0.3 is 5.32 Å². The van der Waals surface area contributed by atoms with E-state index in [0.717, 1.165) is 23.4 Å². The standard InChI is InChI=1S/C17H19NOS/c1-20-16-11-6-10-15(13-16)18-17(19)12-5-9-14-7-3-2-4-8-14/h2-4,6-8,10-11,13H,5,9,12H2,1H3,(H,18,19). The van der Waals surface area contributed by atoms with Gasteiger partial charge >= 0.3 is 0 Å². The van der Waals surface area contributed by atoms with E-state index in [4.69, 9.17) is 0 Å². The van der Waals surface area contributed by atoms with Crippen LogP contribution in [0.2, 0.25) is 0 Å². The predicted molar refractivity (Wildman–Crippen MR) is 86.2 cm³/mol. The van der Waals surface area contributed by atoms with Gasteiger partial charge in [-0.15, -0.1) is 11.8 Å². The van der Waals surface area contributed by atoms with Gasteiger partial charge in [-0.1, -0.05) is 36.4 Å². The van der Waals surface area contributed by atoms with Crippen LogP contribution in [-0.4, -0.2) is 12.2 Å². The summed E-state index contributed by atoms with van der Waals surface area (Å²) in [6, 6.07) is 18.2. The number of anilines is 1. The van der Waals surface area contributed by atoms with Gasteiger partial charge in [-0.05, 0) is 42.9 Å². The van der Waals surface area contributed by atoms with Crippen molar-refractivity contribution in [1.29, 1.82) is 0 Å². The van der Waals surface area contributed by atoms with E-state index in [-0.39, 0.29) is 5.91 Å². The summed E-state index contributed by atoms with van der Waals surface area (Å²) < 4.78 is 0. The Morgan fingerprint density at radius 2 is 1.90 bits per heavy atom. The Hall–Kier alpha value is -1.74. The maximum atomic E-state index is 11.9. The number of hydrogen-bond acceptors (Lipinski definition) is 2. The second-order valence-corrected chi connectivity index (χ2v) is 5.50. The minimum atomic E-state index is 0.0826. The van der Waals surface area contributed by atoms with Gasteiger partial charge in [0, 0.05) is 17.0 Å². The van der Waals surface area contributed by atoms with E-state index < -0.39 is 0 Å². The SMILES string of the molecule is CSc1cccc(NC(=O)CCCc2ccccc2)c1. The van der Waals surface area contributed by atoms with Crippen LogP contribution >= 0.6 is 11.8 Å². The van der Waals surface area contributed by atoms with Crippen molar-refractivity contribution in [3.63, 3.8) is 0 Å². The highest BCUT2D eigenvalue weighted by molar-refractivity contribution is 7.98. The Balaban J connectivity index is 1.77. The highest BCUT2D eigenvalue weighted by Gasteiger charge is 2.03. The molecule has 0 aliphatic carbocycles. The van der Waals surface area contributed by atoms with Crippen molar-refractivity contribution in [1.82, 2.24) is 0 Å². The molecule has 2 aromatic rings. The third-order valence-electron chi connectivity index (χ3n) is 3.07. The van der Waals surface area contributed by atoms with Crippen LogP contribution in [0.3, 0.4) is 0 Å². The molecular formula is C17H19NOS. The van der Waals surface area contributed by atoms with Gasteiger partial charge in [-0.25, -0.2) is 0 Å². The Morgan fingerprint density at radius 1 is 1.10 bits per heavy atom. The maximum Gasteiger partial charge on any atom is 0.224 e. The molecule has 0 unspecified atom stereocenters. The normalized spacial score (nSPS) is 10.2. The number of aryl methyl sites for hydroxylation is 1. The first kappa shape index (κ1) is 14.7. The van der Waals surface area contributed by atoms with Crippen molar-refractivity contribution >= 4 is 23.4 Å². The molecule has 0 fully saturated rings. The van der Waals surface area contributed by atoms with Gasteiger partial charge in [0.05, 0.1) is 0 Å². The molecule has 1 N–H and O–H groups in total. The molecule has 0 radical (unpaired) electrons. The molecule has 0 bridgehead atoms. The largest absolute Gasteiger partial charge is 0.326 e. The summed E-state index contributed by atoms with van der Waals surface area (Å²) >= 11 is 1.67. The Morgan fingerprint density at radius 3 is 2.65 bits per heavy atom. The number of nitrogens with one attached hydrogen (secondary N) is 1. The van der Waals surface area contributed by atoms with Gasteiger partial charge in [-0.3, -0.25) is 4.79 Å². The van der Waals surface area contributed by atoms with Crippen molar-refractivity contribution in [2.75, 3.05) is 11.6 Å². The smallest absolute Gasteiger partial charge is 0.224 e. The molecule has 0 aliphatic heterocycles. The van der Waals surface area contributed by atoms with Gasteiger partial charge in [0.2, 0.25) is 5.91 Å². The molecule has 0 heterocycles. The third-order valence-corrected chi connectivity index (χ3v) is 3.79. The summed E-state index contributed by atoms with van der Waals surface area (Å²) in [7, 11) is 0. The van der Waals surface area contributed by atoms with Gasteiger partial charge in [-0.2, -0.15) is 0 Å². The first-order valence-electron chi connectivity index (χ1n) is 6.76. The number of carbonyl (C=O) groups excluding carboxylic acids is 1. The summed E-state index contributed by atoms with van der Waals surface area (Å²) in [6.45, 7) is 0. The van der Waals surface area contributed by atoms with Gasteiger partial charge in [0.15, 0.2) is 0 Å². The zero-order chi connectivity index (χ0) is 14.2. The number of hydrogen-bond donors (Lipinski definition) is 1. The van der Waals surface area contributed by atoms with Crippen LogP contribution in [0.25, 0.3) is 0 Å². The fourth-order valence-electron chi connectivity index (χ4n) is 2.02. The molecule has 2 nitrogen and oxygen atoms in total. The first-order chi connectivity index (χ1) is 9.78. The number of thioether (sulfide) groups is 1. The van der Waals surface area contributed by atoms with Crippen molar-refractivity contribution in [3.05, 3.63) is 60.2 Å². The molecule has 0 saturated heterocycles. The molecule has 0 spiro atoms. The van der Waals surface area contributed by atoms with Crippen molar-refractivity contribution in [3.8, 4) is 0 Å². The lowest BCUT2D eigenvalue weighted by Gasteiger charge is -2.06. The van der Waals surface area contributed by atoms with E-state index in [1.165, 1.54) is 5.56 Å². The van der Waals surface area contributed by atoms with E-state index in [2.05, 4.69) is 17.4 Å². The zero-order valence-electron chi connectivity index (χ0n) is 11.6. The van der Waals surface area contributed by atoms with Crippen LogP contribution < -0.4 is 5.32 Å². The molecule has 1 amide bonds. The lowest BCUT2D eigenvalue weighted by Crippen LogP contribution is -2.11. The third kappa shape index (κ3) is 4.74. The van der Waals surface area contributed by atoms with Crippen LogP contribution in [0, 0.1) is 0 Å². The average molecular weight is 285 g/mol. The summed E-state index contributed by atoms with van der Waals surface area (Å²) in [6.07, 6.45) is 4.40. The molecule has 0 atom stereocenters. The second-order valence-electron chi connectivity index (χ2n) is 4.62. The lowest BCUT2D eigenvalue weighted by atomic mass is 10.1. The fraction of sp³-hybridized carbons (Fsp3) is 0.235.